The molecule has 1 aromatic heterocycles. The molecular formula is C14H21N3O. The van der Waals surface area contributed by atoms with E-state index in [0.717, 1.165) is 12.8 Å². The highest BCUT2D eigenvalue weighted by Crippen LogP contribution is 2.22. The van der Waals surface area contributed by atoms with Crippen LogP contribution in [0.3, 0.4) is 0 Å². The zero-order valence-electron chi connectivity index (χ0n) is 10.9. The maximum Gasteiger partial charge on any atom is 0.255 e. The molecule has 0 aromatic carbocycles. The minimum atomic E-state index is 0.0504. The molecule has 0 radical (unpaired) electrons. The van der Waals surface area contributed by atoms with Crippen LogP contribution >= 0.6 is 0 Å². The lowest BCUT2D eigenvalue weighted by Crippen LogP contribution is -2.36. The second-order valence-electron chi connectivity index (χ2n) is 5.03. The van der Waals surface area contributed by atoms with Crippen molar-refractivity contribution in [2.75, 3.05) is 12.8 Å². The molecule has 4 nitrogen and oxygen atoms in total. The van der Waals surface area contributed by atoms with Crippen molar-refractivity contribution in [1.29, 1.82) is 0 Å². The molecule has 1 saturated carbocycles. The molecule has 1 amide bonds. The third kappa shape index (κ3) is 3.00. The summed E-state index contributed by atoms with van der Waals surface area (Å²) < 4.78 is 0. The van der Waals surface area contributed by atoms with Crippen LogP contribution in [0.1, 0.15) is 48.9 Å². The van der Waals surface area contributed by atoms with Crippen LogP contribution in [-0.2, 0) is 0 Å². The fraction of sp³-hybridized carbons (Fsp3) is 0.571. The van der Waals surface area contributed by atoms with Crippen LogP contribution in [0.25, 0.3) is 0 Å². The molecule has 18 heavy (non-hydrogen) atoms. The van der Waals surface area contributed by atoms with Gasteiger partial charge in [0.2, 0.25) is 0 Å². The highest BCUT2D eigenvalue weighted by atomic mass is 16.2. The van der Waals surface area contributed by atoms with Gasteiger partial charge >= 0.3 is 0 Å². The highest BCUT2D eigenvalue weighted by Gasteiger charge is 2.22. The fourth-order valence-electron chi connectivity index (χ4n) is 2.55. The second-order valence-corrected chi connectivity index (χ2v) is 5.03. The average Bonchev–Trinajstić information content (AvgIpc) is 2.67. The summed E-state index contributed by atoms with van der Waals surface area (Å²) in [6, 6.07) is 3.80. The molecule has 1 aromatic rings. The number of carbonyl (C=O) groups excluding carboxylic acids is 1. The molecular weight excluding hydrogens is 226 g/mol. The fourth-order valence-corrected chi connectivity index (χ4v) is 2.55. The van der Waals surface area contributed by atoms with Gasteiger partial charge in [-0.3, -0.25) is 4.79 Å². The van der Waals surface area contributed by atoms with E-state index in [0.29, 0.717) is 17.4 Å². The van der Waals surface area contributed by atoms with Crippen molar-refractivity contribution < 1.29 is 4.79 Å². The normalized spacial score (nSPS) is 17.2. The molecule has 0 unspecified atom stereocenters. The maximum absolute atomic E-state index is 12.3. The number of carbonyl (C=O) groups is 1. The maximum atomic E-state index is 12.3. The Morgan fingerprint density at radius 3 is 2.50 bits per heavy atom. The molecule has 4 heteroatoms. The molecule has 0 bridgehead atoms. The van der Waals surface area contributed by atoms with Gasteiger partial charge < -0.3 is 10.6 Å². The zero-order chi connectivity index (χ0) is 13.0. The van der Waals surface area contributed by atoms with Crippen LogP contribution in [0.2, 0.25) is 0 Å². The van der Waals surface area contributed by atoms with Crippen LogP contribution in [-0.4, -0.2) is 28.9 Å². The lowest BCUT2D eigenvalue weighted by Gasteiger charge is -2.27. The Bertz CT molecular complexity index is 394. The molecule has 1 fully saturated rings. The summed E-state index contributed by atoms with van der Waals surface area (Å²) in [7, 11) is 1.90. The van der Waals surface area contributed by atoms with Crippen LogP contribution < -0.4 is 5.73 Å². The van der Waals surface area contributed by atoms with Crippen molar-refractivity contribution in [1.82, 2.24) is 9.88 Å². The molecule has 0 aliphatic heterocycles. The van der Waals surface area contributed by atoms with E-state index in [9.17, 15) is 4.79 Å². The van der Waals surface area contributed by atoms with E-state index in [2.05, 4.69) is 4.98 Å². The Morgan fingerprint density at radius 1 is 1.28 bits per heavy atom. The van der Waals surface area contributed by atoms with Crippen molar-refractivity contribution in [3.8, 4) is 0 Å². The van der Waals surface area contributed by atoms with Gasteiger partial charge in [0.15, 0.2) is 0 Å². The number of amides is 1. The molecule has 1 aliphatic rings. The SMILES string of the molecule is CN(C(=O)c1ccc(N)nc1)C1CCCCCC1. The standard InChI is InChI=1S/C14H21N3O/c1-17(12-6-4-2-3-5-7-12)14(18)11-8-9-13(15)16-10-11/h8-10,12H,2-7H2,1H3,(H2,15,16). The van der Waals surface area contributed by atoms with Gasteiger partial charge in [0.25, 0.3) is 5.91 Å². The van der Waals surface area contributed by atoms with Gasteiger partial charge in [0.05, 0.1) is 5.56 Å². The molecule has 2 rings (SSSR count). The van der Waals surface area contributed by atoms with Gasteiger partial charge in [0.1, 0.15) is 5.82 Å². The molecule has 1 heterocycles. The van der Waals surface area contributed by atoms with Gasteiger partial charge in [-0.1, -0.05) is 25.7 Å². The number of rotatable bonds is 2. The van der Waals surface area contributed by atoms with Crippen LogP contribution in [0.5, 0.6) is 0 Å². The summed E-state index contributed by atoms with van der Waals surface area (Å²) in [5.41, 5.74) is 6.15. The van der Waals surface area contributed by atoms with Crippen molar-refractivity contribution >= 4 is 11.7 Å². The summed E-state index contributed by atoms with van der Waals surface area (Å²) in [4.78, 5) is 18.2. The Balaban J connectivity index is 2.05. The number of nitrogens with two attached hydrogens (primary N) is 1. The quantitative estimate of drug-likeness (QED) is 0.817. The van der Waals surface area contributed by atoms with Crippen molar-refractivity contribution in [2.24, 2.45) is 0 Å². The van der Waals surface area contributed by atoms with E-state index in [4.69, 9.17) is 5.73 Å². The Kier molecular flexibility index (Phi) is 4.18. The summed E-state index contributed by atoms with van der Waals surface area (Å²) in [6.07, 6.45) is 8.83. The number of hydrogen-bond donors (Lipinski definition) is 1. The number of hydrogen-bond acceptors (Lipinski definition) is 3. The van der Waals surface area contributed by atoms with Crippen LogP contribution in [0.4, 0.5) is 5.82 Å². The Labute approximate surface area is 108 Å². The monoisotopic (exact) mass is 247 g/mol. The summed E-state index contributed by atoms with van der Waals surface area (Å²) >= 11 is 0. The summed E-state index contributed by atoms with van der Waals surface area (Å²) in [5.74, 6) is 0.498. The average molecular weight is 247 g/mol. The first kappa shape index (κ1) is 12.9. The minimum Gasteiger partial charge on any atom is -0.384 e. The predicted molar refractivity (Wildman–Crippen MR) is 72.2 cm³/mol. The first-order valence-electron chi connectivity index (χ1n) is 6.67. The first-order chi connectivity index (χ1) is 8.68. The minimum absolute atomic E-state index is 0.0504. The number of pyridine rings is 1. The van der Waals surface area contributed by atoms with Crippen molar-refractivity contribution in [2.45, 2.75) is 44.6 Å². The molecule has 0 atom stereocenters. The second kappa shape index (κ2) is 5.85. The Morgan fingerprint density at radius 2 is 1.94 bits per heavy atom. The van der Waals surface area contributed by atoms with Gasteiger partial charge in [-0.15, -0.1) is 0 Å². The Hall–Kier alpha value is -1.58. The number of nitrogen functional groups attached to an aromatic ring is 1. The van der Waals surface area contributed by atoms with Crippen LogP contribution in [0.15, 0.2) is 18.3 Å². The lowest BCUT2D eigenvalue weighted by molar-refractivity contribution is 0.0717. The van der Waals surface area contributed by atoms with Gasteiger partial charge in [-0.05, 0) is 25.0 Å². The molecule has 98 valence electrons. The van der Waals surface area contributed by atoms with Gasteiger partial charge in [0, 0.05) is 19.3 Å². The molecule has 2 N–H and O–H groups in total. The van der Waals surface area contributed by atoms with Crippen molar-refractivity contribution in [3.05, 3.63) is 23.9 Å². The highest BCUT2D eigenvalue weighted by molar-refractivity contribution is 5.94. The first-order valence-corrected chi connectivity index (χ1v) is 6.67. The smallest absolute Gasteiger partial charge is 0.255 e. The molecule has 0 saturated heterocycles. The molecule has 0 spiro atoms. The third-order valence-electron chi connectivity index (χ3n) is 3.73. The zero-order valence-corrected chi connectivity index (χ0v) is 10.9. The summed E-state index contributed by atoms with van der Waals surface area (Å²) in [6.45, 7) is 0. The van der Waals surface area contributed by atoms with E-state index in [-0.39, 0.29) is 5.91 Å². The predicted octanol–water partition coefficient (Wildman–Crippen LogP) is 2.46. The largest absolute Gasteiger partial charge is 0.384 e. The van der Waals surface area contributed by atoms with E-state index in [1.165, 1.54) is 25.7 Å². The number of aromatic nitrogens is 1. The third-order valence-corrected chi connectivity index (χ3v) is 3.73. The van der Waals surface area contributed by atoms with Gasteiger partial charge in [-0.2, -0.15) is 0 Å². The lowest BCUT2D eigenvalue weighted by atomic mass is 10.1. The van der Waals surface area contributed by atoms with E-state index < -0.39 is 0 Å². The van der Waals surface area contributed by atoms with E-state index in [1.807, 2.05) is 11.9 Å². The molecule has 1 aliphatic carbocycles. The van der Waals surface area contributed by atoms with E-state index in [1.54, 1.807) is 18.3 Å². The van der Waals surface area contributed by atoms with E-state index >= 15 is 0 Å². The number of nitrogens with zero attached hydrogens (tertiary/aromatic N) is 2. The number of anilines is 1. The van der Waals surface area contributed by atoms with Gasteiger partial charge in [-0.25, -0.2) is 4.98 Å². The summed E-state index contributed by atoms with van der Waals surface area (Å²) in [5, 5.41) is 0. The van der Waals surface area contributed by atoms with Crippen molar-refractivity contribution in [3.63, 3.8) is 0 Å². The van der Waals surface area contributed by atoms with Crippen LogP contribution in [0, 0.1) is 0 Å². The topological polar surface area (TPSA) is 59.2 Å².